The first-order chi connectivity index (χ1) is 16.6. The second kappa shape index (κ2) is 9.52. The summed E-state index contributed by atoms with van der Waals surface area (Å²) in [7, 11) is 1.44. The van der Waals surface area contributed by atoms with Gasteiger partial charge in [-0.15, -0.1) is 0 Å². The highest BCUT2D eigenvalue weighted by molar-refractivity contribution is 6.04. The molecule has 0 aliphatic carbocycles. The molecule has 0 saturated carbocycles. The van der Waals surface area contributed by atoms with Gasteiger partial charge in [-0.25, -0.2) is 0 Å². The molecule has 36 heavy (non-hydrogen) atoms. The zero-order valence-corrected chi connectivity index (χ0v) is 20.2. The van der Waals surface area contributed by atoms with E-state index in [1.807, 2.05) is 31.2 Å². The number of rotatable bonds is 5. The molecule has 0 fully saturated rings. The first kappa shape index (κ1) is 27.1. The molecular weight excluding hydrogens is 482 g/mol. The second-order valence-corrected chi connectivity index (χ2v) is 8.94. The molecule has 3 nitrogen and oxygen atoms in total. The molecule has 0 spiro atoms. The van der Waals surface area contributed by atoms with Gasteiger partial charge in [0.2, 0.25) is 5.91 Å². The Labute approximate surface area is 205 Å². The largest absolute Gasteiger partial charge is 0.416 e. The minimum Gasteiger partial charge on any atom is -0.399 e. The summed E-state index contributed by atoms with van der Waals surface area (Å²) < 4.78 is 81.0. The van der Waals surface area contributed by atoms with Crippen molar-refractivity contribution in [3.63, 3.8) is 0 Å². The van der Waals surface area contributed by atoms with Crippen LogP contribution in [0.15, 0.2) is 60.7 Å². The van der Waals surface area contributed by atoms with Gasteiger partial charge >= 0.3 is 12.4 Å². The van der Waals surface area contributed by atoms with Crippen molar-refractivity contribution >= 4 is 17.3 Å². The summed E-state index contributed by atoms with van der Waals surface area (Å²) in [6.07, 6.45) is -10.1. The number of carbonyl (C=O) groups is 1. The Morgan fingerprint density at radius 3 is 1.86 bits per heavy atom. The van der Waals surface area contributed by atoms with Crippen molar-refractivity contribution < 1.29 is 31.1 Å². The molecule has 3 rings (SSSR count). The number of anilines is 2. The number of benzene rings is 3. The minimum atomic E-state index is -5.02. The summed E-state index contributed by atoms with van der Waals surface area (Å²) >= 11 is 0. The number of nitrogens with zero attached hydrogens (tertiary/aromatic N) is 1. The lowest BCUT2D eigenvalue weighted by molar-refractivity contribution is -0.143. The molecule has 2 N–H and O–H groups in total. The number of amides is 1. The Hall–Kier alpha value is -3.49. The lowest BCUT2D eigenvalue weighted by atomic mass is 9.77. The number of carbonyl (C=O) groups excluding carboxylic acids is 1. The van der Waals surface area contributed by atoms with E-state index in [-0.39, 0.29) is 18.1 Å². The van der Waals surface area contributed by atoms with E-state index in [1.54, 1.807) is 25.1 Å². The zero-order valence-electron chi connectivity index (χ0n) is 20.2. The van der Waals surface area contributed by atoms with E-state index in [0.29, 0.717) is 29.1 Å². The van der Waals surface area contributed by atoms with Gasteiger partial charge in [-0.05, 0) is 67.3 Å². The highest BCUT2D eigenvalue weighted by atomic mass is 19.4. The summed E-state index contributed by atoms with van der Waals surface area (Å²) in [5, 5.41) is 0. The molecule has 3 aromatic carbocycles. The molecule has 1 atom stereocenters. The maximum Gasteiger partial charge on any atom is 0.416 e. The van der Waals surface area contributed by atoms with Crippen molar-refractivity contribution in [2.24, 2.45) is 0 Å². The van der Waals surface area contributed by atoms with Gasteiger partial charge in [0.15, 0.2) is 0 Å². The first-order valence-corrected chi connectivity index (χ1v) is 11.1. The second-order valence-electron chi connectivity index (χ2n) is 8.94. The molecule has 9 heteroatoms. The third-order valence-electron chi connectivity index (χ3n) is 6.53. The average Bonchev–Trinajstić information content (AvgIpc) is 2.81. The summed E-state index contributed by atoms with van der Waals surface area (Å²) in [6, 6.07) is 13.6. The van der Waals surface area contributed by atoms with Crippen LogP contribution in [0.5, 0.6) is 0 Å². The Morgan fingerprint density at radius 2 is 1.36 bits per heavy atom. The number of nitrogen functional groups attached to an aromatic ring is 1. The van der Waals surface area contributed by atoms with E-state index in [4.69, 9.17) is 5.73 Å². The molecule has 0 aliphatic heterocycles. The third kappa shape index (κ3) is 5.20. The van der Waals surface area contributed by atoms with E-state index in [0.717, 1.165) is 11.1 Å². The SMILES string of the molecule is CCC(C)(C(=O)N(C)c1cc(N)ccc1-c1ccccc1C)c1cc(C(F)(F)F)cc(C(F)(F)F)c1. The highest BCUT2D eigenvalue weighted by Gasteiger charge is 2.42. The molecule has 1 amide bonds. The van der Waals surface area contributed by atoms with Gasteiger partial charge < -0.3 is 10.6 Å². The lowest BCUT2D eigenvalue weighted by Crippen LogP contribution is -2.43. The molecule has 192 valence electrons. The number of alkyl halides is 6. The maximum atomic E-state index is 13.8. The van der Waals surface area contributed by atoms with Gasteiger partial charge in [0.25, 0.3) is 0 Å². The maximum absolute atomic E-state index is 13.8. The molecular formula is C27H26F6N2O. The Balaban J connectivity index is 2.18. The van der Waals surface area contributed by atoms with Crippen molar-refractivity contribution in [3.8, 4) is 11.1 Å². The Bertz CT molecular complexity index is 1250. The fraction of sp³-hybridized carbons (Fsp3) is 0.296. The first-order valence-electron chi connectivity index (χ1n) is 11.1. The quantitative estimate of drug-likeness (QED) is 0.285. The van der Waals surface area contributed by atoms with Crippen LogP contribution in [-0.4, -0.2) is 13.0 Å². The van der Waals surface area contributed by atoms with Crippen molar-refractivity contribution in [3.05, 3.63) is 82.9 Å². The molecule has 1 unspecified atom stereocenters. The monoisotopic (exact) mass is 508 g/mol. The minimum absolute atomic E-state index is 0.0448. The standard InChI is InChI=1S/C27H26F6N2O/c1-5-25(3,17-12-18(26(28,29)30)14-19(13-17)27(31,32)33)24(36)35(4)23-15-20(34)10-11-22(23)21-9-7-6-8-16(21)2/h6-15H,5,34H2,1-4H3. The van der Waals surface area contributed by atoms with E-state index in [2.05, 4.69) is 0 Å². The van der Waals surface area contributed by atoms with Crippen LogP contribution in [0.4, 0.5) is 37.7 Å². The fourth-order valence-electron chi connectivity index (χ4n) is 4.16. The van der Waals surface area contributed by atoms with Crippen LogP contribution in [-0.2, 0) is 22.6 Å². The lowest BCUT2D eigenvalue weighted by Gasteiger charge is -2.34. The molecule has 0 heterocycles. The predicted octanol–water partition coefficient (Wildman–Crippen LogP) is 7.61. The Kier molecular flexibility index (Phi) is 7.17. The van der Waals surface area contributed by atoms with Crippen molar-refractivity contribution in [2.75, 3.05) is 17.7 Å². The normalized spacial score (nSPS) is 13.8. The number of halogens is 6. The number of hydrogen-bond acceptors (Lipinski definition) is 2. The van der Waals surface area contributed by atoms with Crippen LogP contribution in [0.3, 0.4) is 0 Å². The van der Waals surface area contributed by atoms with Crippen molar-refractivity contribution in [1.82, 2.24) is 0 Å². The van der Waals surface area contributed by atoms with Crippen molar-refractivity contribution in [2.45, 2.75) is 45.0 Å². The summed E-state index contributed by atoms with van der Waals surface area (Å²) in [5.74, 6) is -0.669. The van der Waals surface area contributed by atoms with E-state index >= 15 is 0 Å². The summed E-state index contributed by atoms with van der Waals surface area (Å²) in [4.78, 5) is 15.1. The molecule has 0 saturated heterocycles. The number of likely N-dealkylation sites (N-methyl/N-ethyl adjacent to an activating group) is 1. The van der Waals surface area contributed by atoms with Crippen LogP contribution in [0.25, 0.3) is 11.1 Å². The van der Waals surface area contributed by atoms with E-state index in [9.17, 15) is 31.1 Å². The number of nitrogens with two attached hydrogens (primary N) is 1. The van der Waals surface area contributed by atoms with E-state index in [1.165, 1.54) is 18.9 Å². The predicted molar refractivity (Wildman–Crippen MR) is 129 cm³/mol. The molecule has 0 bridgehead atoms. The summed E-state index contributed by atoms with van der Waals surface area (Å²) in [5.41, 5.74) is 4.09. The zero-order chi connectivity index (χ0) is 27.1. The third-order valence-corrected chi connectivity index (χ3v) is 6.53. The van der Waals surface area contributed by atoms with Gasteiger partial charge in [0.1, 0.15) is 0 Å². The number of aryl methyl sites for hydroxylation is 1. The molecule has 0 aromatic heterocycles. The van der Waals surface area contributed by atoms with E-state index < -0.39 is 34.8 Å². The van der Waals surface area contributed by atoms with Gasteiger partial charge in [-0.1, -0.05) is 37.3 Å². The van der Waals surface area contributed by atoms with Crippen LogP contribution in [0, 0.1) is 6.92 Å². The van der Waals surface area contributed by atoms with Crippen molar-refractivity contribution in [1.29, 1.82) is 0 Å². The Morgan fingerprint density at radius 1 is 0.833 bits per heavy atom. The van der Waals surface area contributed by atoms with Gasteiger partial charge in [0.05, 0.1) is 22.2 Å². The van der Waals surface area contributed by atoms with Crippen LogP contribution in [0.2, 0.25) is 0 Å². The summed E-state index contributed by atoms with van der Waals surface area (Å²) in [6.45, 7) is 4.77. The molecule has 3 aromatic rings. The van der Waals surface area contributed by atoms with Gasteiger partial charge in [-0.2, -0.15) is 26.3 Å². The van der Waals surface area contributed by atoms with Gasteiger partial charge in [0, 0.05) is 18.3 Å². The van der Waals surface area contributed by atoms with Crippen LogP contribution < -0.4 is 10.6 Å². The van der Waals surface area contributed by atoms with Crippen LogP contribution >= 0.6 is 0 Å². The van der Waals surface area contributed by atoms with Gasteiger partial charge in [-0.3, -0.25) is 4.79 Å². The topological polar surface area (TPSA) is 46.3 Å². The molecule has 0 aliphatic rings. The number of hydrogen-bond donors (Lipinski definition) is 1. The highest BCUT2D eigenvalue weighted by Crippen LogP contribution is 2.42. The average molecular weight is 509 g/mol. The molecule has 0 radical (unpaired) electrons. The fourth-order valence-corrected chi connectivity index (χ4v) is 4.16. The van der Waals surface area contributed by atoms with Crippen LogP contribution in [0.1, 0.15) is 42.5 Å². The smallest absolute Gasteiger partial charge is 0.399 e.